The van der Waals surface area contributed by atoms with Crippen LogP contribution in [0.1, 0.15) is 16.7 Å². The van der Waals surface area contributed by atoms with Gasteiger partial charge in [-0.3, -0.25) is 9.59 Å². The average molecular weight is 519 g/mol. The van der Waals surface area contributed by atoms with Gasteiger partial charge in [-0.15, -0.1) is 11.8 Å². The maximum absolute atomic E-state index is 14.1. The standard InChI is InChI=1S/C26H25Cl2FN2O2S/c1-30-26(33)24(14-18-6-3-2-4-7-18)31(15-19-10-12-20(27)13-11-19)25(32)17-34-16-21-22(28)8-5-9-23(21)29/h2-13,24H,14-17H2,1H3,(H,30,33). The molecule has 0 aliphatic carbocycles. The third-order valence-corrected chi connectivity index (χ3v) is 6.87. The number of carbonyl (C=O) groups excluding carboxylic acids is 2. The van der Waals surface area contributed by atoms with Crippen molar-refractivity contribution in [2.75, 3.05) is 12.8 Å². The van der Waals surface area contributed by atoms with Gasteiger partial charge in [0, 0.05) is 41.4 Å². The second-order valence-corrected chi connectivity index (χ2v) is 9.49. The minimum Gasteiger partial charge on any atom is -0.357 e. The van der Waals surface area contributed by atoms with Gasteiger partial charge in [-0.05, 0) is 35.4 Å². The van der Waals surface area contributed by atoms with Crippen LogP contribution in [0.25, 0.3) is 0 Å². The first-order valence-corrected chi connectivity index (χ1v) is 12.6. The Morgan fingerprint density at radius 3 is 2.32 bits per heavy atom. The Labute approximate surface area is 213 Å². The molecule has 0 bridgehead atoms. The SMILES string of the molecule is CNC(=O)C(Cc1ccccc1)N(Cc1ccc(Cl)cc1)C(=O)CSCc1c(F)cccc1Cl. The molecular formula is C26H25Cl2FN2O2S. The van der Waals surface area contributed by atoms with Crippen molar-refractivity contribution in [2.24, 2.45) is 0 Å². The molecule has 0 saturated carbocycles. The maximum Gasteiger partial charge on any atom is 0.242 e. The smallest absolute Gasteiger partial charge is 0.242 e. The van der Waals surface area contributed by atoms with Gasteiger partial charge in [-0.1, -0.05) is 71.7 Å². The van der Waals surface area contributed by atoms with E-state index in [9.17, 15) is 14.0 Å². The molecule has 178 valence electrons. The molecular weight excluding hydrogens is 494 g/mol. The maximum atomic E-state index is 14.1. The number of nitrogens with one attached hydrogen (secondary N) is 1. The second kappa shape index (κ2) is 12.8. The van der Waals surface area contributed by atoms with Crippen LogP contribution in [0.5, 0.6) is 0 Å². The van der Waals surface area contributed by atoms with E-state index in [2.05, 4.69) is 5.32 Å². The van der Waals surface area contributed by atoms with E-state index >= 15 is 0 Å². The molecule has 0 aliphatic rings. The van der Waals surface area contributed by atoms with E-state index in [4.69, 9.17) is 23.2 Å². The Morgan fingerprint density at radius 2 is 1.68 bits per heavy atom. The summed E-state index contributed by atoms with van der Waals surface area (Å²) in [5, 5.41) is 3.60. The lowest BCUT2D eigenvalue weighted by Crippen LogP contribution is -2.50. The molecule has 0 saturated heterocycles. The lowest BCUT2D eigenvalue weighted by Gasteiger charge is -2.31. The highest BCUT2D eigenvalue weighted by molar-refractivity contribution is 7.99. The van der Waals surface area contributed by atoms with E-state index in [0.29, 0.717) is 22.0 Å². The molecule has 0 radical (unpaired) electrons. The van der Waals surface area contributed by atoms with Gasteiger partial charge >= 0.3 is 0 Å². The van der Waals surface area contributed by atoms with Crippen molar-refractivity contribution in [1.29, 1.82) is 0 Å². The molecule has 0 heterocycles. The van der Waals surface area contributed by atoms with E-state index in [1.165, 1.54) is 17.8 Å². The van der Waals surface area contributed by atoms with E-state index < -0.39 is 11.9 Å². The van der Waals surface area contributed by atoms with E-state index in [1.54, 1.807) is 36.2 Å². The van der Waals surface area contributed by atoms with Crippen LogP contribution in [0, 0.1) is 5.82 Å². The highest BCUT2D eigenvalue weighted by Crippen LogP contribution is 2.25. The van der Waals surface area contributed by atoms with Crippen LogP contribution in [0.2, 0.25) is 10.0 Å². The predicted octanol–water partition coefficient (Wildman–Crippen LogP) is 5.75. The zero-order chi connectivity index (χ0) is 24.5. The summed E-state index contributed by atoms with van der Waals surface area (Å²) < 4.78 is 14.1. The average Bonchev–Trinajstić information content (AvgIpc) is 2.84. The molecule has 0 aliphatic heterocycles. The zero-order valence-electron chi connectivity index (χ0n) is 18.6. The zero-order valence-corrected chi connectivity index (χ0v) is 21.0. The van der Waals surface area contributed by atoms with Crippen molar-refractivity contribution in [3.05, 3.63) is 105 Å². The van der Waals surface area contributed by atoms with Crippen LogP contribution in [-0.2, 0) is 28.3 Å². The Morgan fingerprint density at radius 1 is 0.971 bits per heavy atom. The number of hydrogen-bond donors (Lipinski definition) is 1. The Balaban J connectivity index is 1.82. The summed E-state index contributed by atoms with van der Waals surface area (Å²) in [6, 6.07) is 20.5. The van der Waals surface area contributed by atoms with Gasteiger partial charge in [0.15, 0.2) is 0 Å². The summed E-state index contributed by atoms with van der Waals surface area (Å²) in [5.74, 6) is -0.571. The van der Waals surface area contributed by atoms with Gasteiger partial charge in [0.1, 0.15) is 11.9 Å². The van der Waals surface area contributed by atoms with Crippen LogP contribution < -0.4 is 5.32 Å². The largest absolute Gasteiger partial charge is 0.357 e. The first-order valence-electron chi connectivity index (χ1n) is 10.7. The summed E-state index contributed by atoms with van der Waals surface area (Å²) in [5.41, 5.74) is 2.15. The third kappa shape index (κ3) is 7.23. The van der Waals surface area contributed by atoms with Crippen LogP contribution in [0.15, 0.2) is 72.8 Å². The van der Waals surface area contributed by atoms with Gasteiger partial charge in [0.25, 0.3) is 0 Å². The molecule has 1 unspecified atom stereocenters. The van der Waals surface area contributed by atoms with Crippen molar-refractivity contribution in [2.45, 2.75) is 24.8 Å². The minimum absolute atomic E-state index is 0.0700. The molecule has 3 rings (SSSR count). The molecule has 0 fully saturated rings. The summed E-state index contributed by atoms with van der Waals surface area (Å²) in [4.78, 5) is 27.9. The fraction of sp³-hybridized carbons (Fsp3) is 0.231. The van der Waals surface area contributed by atoms with E-state index in [-0.39, 0.29) is 29.9 Å². The molecule has 3 aromatic carbocycles. The van der Waals surface area contributed by atoms with Gasteiger partial charge in [-0.25, -0.2) is 4.39 Å². The first kappa shape index (κ1) is 26.1. The molecule has 8 heteroatoms. The van der Waals surface area contributed by atoms with Gasteiger partial charge < -0.3 is 10.2 Å². The quantitative estimate of drug-likeness (QED) is 0.371. The van der Waals surface area contributed by atoms with Crippen molar-refractivity contribution in [1.82, 2.24) is 10.2 Å². The fourth-order valence-electron chi connectivity index (χ4n) is 3.50. The van der Waals surface area contributed by atoms with Crippen LogP contribution >= 0.6 is 35.0 Å². The Hall–Kier alpha value is -2.54. The number of thioether (sulfide) groups is 1. The fourth-order valence-corrected chi connectivity index (χ4v) is 4.88. The first-order chi connectivity index (χ1) is 16.4. The number of carbonyl (C=O) groups is 2. The number of hydrogen-bond acceptors (Lipinski definition) is 3. The molecule has 34 heavy (non-hydrogen) atoms. The predicted molar refractivity (Wildman–Crippen MR) is 138 cm³/mol. The Bertz CT molecular complexity index is 1090. The van der Waals surface area contributed by atoms with Crippen molar-refractivity contribution in [3.8, 4) is 0 Å². The van der Waals surface area contributed by atoms with E-state index in [0.717, 1.165) is 11.1 Å². The summed E-state index contributed by atoms with van der Waals surface area (Å²) in [6.45, 7) is 0.238. The number of nitrogens with zero attached hydrogens (tertiary/aromatic N) is 1. The number of likely N-dealkylation sites (N-methyl/N-ethyl adjacent to an activating group) is 1. The van der Waals surface area contributed by atoms with E-state index in [1.807, 2.05) is 42.5 Å². The highest BCUT2D eigenvalue weighted by Gasteiger charge is 2.29. The molecule has 3 aromatic rings. The van der Waals surface area contributed by atoms with Gasteiger partial charge in [-0.2, -0.15) is 0 Å². The topological polar surface area (TPSA) is 49.4 Å². The number of benzene rings is 3. The summed E-state index contributed by atoms with van der Waals surface area (Å²) in [6.07, 6.45) is 0.365. The summed E-state index contributed by atoms with van der Waals surface area (Å²) >= 11 is 13.4. The van der Waals surface area contributed by atoms with Crippen molar-refractivity contribution >= 4 is 46.8 Å². The van der Waals surface area contributed by atoms with Crippen LogP contribution in [0.4, 0.5) is 4.39 Å². The normalized spacial score (nSPS) is 11.6. The molecule has 0 spiro atoms. The highest BCUT2D eigenvalue weighted by atomic mass is 35.5. The van der Waals surface area contributed by atoms with Gasteiger partial charge in [0.2, 0.25) is 11.8 Å². The number of rotatable bonds is 10. The number of halogens is 3. The molecule has 4 nitrogen and oxygen atoms in total. The van der Waals surface area contributed by atoms with Crippen LogP contribution in [0.3, 0.4) is 0 Å². The van der Waals surface area contributed by atoms with Crippen molar-refractivity contribution < 1.29 is 14.0 Å². The molecule has 1 N–H and O–H groups in total. The monoisotopic (exact) mass is 518 g/mol. The minimum atomic E-state index is -0.715. The van der Waals surface area contributed by atoms with Gasteiger partial charge in [0.05, 0.1) is 5.75 Å². The lowest BCUT2D eigenvalue weighted by molar-refractivity contribution is -0.139. The van der Waals surface area contributed by atoms with Crippen LogP contribution in [-0.4, -0.2) is 35.6 Å². The second-order valence-electron chi connectivity index (χ2n) is 7.66. The Kier molecular flexibility index (Phi) is 9.81. The third-order valence-electron chi connectivity index (χ3n) is 5.32. The molecule has 0 aromatic heterocycles. The number of amides is 2. The molecule has 2 amide bonds. The molecule has 1 atom stereocenters. The summed E-state index contributed by atoms with van der Waals surface area (Å²) in [7, 11) is 1.56. The van der Waals surface area contributed by atoms with Crippen molar-refractivity contribution in [3.63, 3.8) is 0 Å². The lowest BCUT2D eigenvalue weighted by atomic mass is 10.0.